The molecule has 0 aliphatic heterocycles. The summed E-state index contributed by atoms with van der Waals surface area (Å²) in [4.78, 5) is 28.1. The van der Waals surface area contributed by atoms with Crippen LogP contribution in [0.2, 0.25) is 0 Å². The van der Waals surface area contributed by atoms with E-state index in [1.807, 2.05) is 30.0 Å². The molecule has 2 aromatic carbocycles. The van der Waals surface area contributed by atoms with Crippen LogP contribution in [0.15, 0.2) is 53.3 Å². The van der Waals surface area contributed by atoms with Crippen molar-refractivity contribution in [3.63, 3.8) is 0 Å². The summed E-state index contributed by atoms with van der Waals surface area (Å²) in [6.07, 6.45) is 2.03. The van der Waals surface area contributed by atoms with Crippen LogP contribution in [0.4, 0.5) is 0 Å². The number of fused-ring (bicyclic) bond motifs is 1. The molecule has 3 aromatic rings. The maximum absolute atomic E-state index is 13.5. The summed E-state index contributed by atoms with van der Waals surface area (Å²) in [5.41, 5.74) is 2.62. The lowest BCUT2D eigenvalue weighted by atomic mass is 10.0. The Morgan fingerprint density at radius 3 is 2.34 bits per heavy atom. The Morgan fingerprint density at radius 1 is 1.10 bits per heavy atom. The Bertz CT molecular complexity index is 1100. The van der Waals surface area contributed by atoms with E-state index < -0.39 is 0 Å². The summed E-state index contributed by atoms with van der Waals surface area (Å²) in [5.74, 6) is 0.384. The van der Waals surface area contributed by atoms with Crippen molar-refractivity contribution in [1.29, 1.82) is 0 Å². The van der Waals surface area contributed by atoms with E-state index in [9.17, 15) is 9.59 Å². The van der Waals surface area contributed by atoms with E-state index >= 15 is 0 Å². The molecule has 1 aliphatic carbocycles. The molecular formula is C24H27N3O2. The van der Waals surface area contributed by atoms with Crippen molar-refractivity contribution in [2.24, 2.45) is 0 Å². The third-order valence-electron chi connectivity index (χ3n) is 5.62. The fourth-order valence-electron chi connectivity index (χ4n) is 3.70. The molecule has 4 rings (SSSR count). The zero-order valence-corrected chi connectivity index (χ0v) is 17.3. The van der Waals surface area contributed by atoms with Crippen molar-refractivity contribution in [2.75, 3.05) is 0 Å². The minimum atomic E-state index is -0.151. The summed E-state index contributed by atoms with van der Waals surface area (Å²) >= 11 is 0. The van der Waals surface area contributed by atoms with Crippen molar-refractivity contribution in [2.45, 2.75) is 58.7 Å². The first-order valence-electron chi connectivity index (χ1n) is 10.4. The van der Waals surface area contributed by atoms with E-state index in [1.54, 1.807) is 6.07 Å². The fraction of sp³-hybridized carbons (Fsp3) is 0.375. The maximum atomic E-state index is 13.5. The summed E-state index contributed by atoms with van der Waals surface area (Å²) in [6.45, 7) is 7.21. The quantitative estimate of drug-likeness (QED) is 0.630. The third kappa shape index (κ3) is 3.82. The zero-order chi connectivity index (χ0) is 20.5. The predicted molar refractivity (Wildman–Crippen MR) is 115 cm³/mol. The number of hydrogen-bond acceptors (Lipinski definition) is 3. The molecule has 1 saturated carbocycles. The van der Waals surface area contributed by atoms with Crippen molar-refractivity contribution in [3.05, 3.63) is 75.7 Å². The third-order valence-corrected chi connectivity index (χ3v) is 5.62. The van der Waals surface area contributed by atoms with Gasteiger partial charge in [0.1, 0.15) is 0 Å². The Kier molecular flexibility index (Phi) is 5.22. The van der Waals surface area contributed by atoms with Gasteiger partial charge in [0.2, 0.25) is 0 Å². The lowest BCUT2D eigenvalue weighted by molar-refractivity contribution is 0.0723. The van der Waals surface area contributed by atoms with E-state index in [0.29, 0.717) is 35.5 Å². The normalized spacial score (nSPS) is 13.8. The van der Waals surface area contributed by atoms with Crippen LogP contribution in [0.1, 0.15) is 61.1 Å². The monoisotopic (exact) mass is 389 g/mol. The molecule has 0 N–H and O–H groups in total. The number of aryl methyl sites for hydroxylation is 1. The van der Waals surface area contributed by atoms with Crippen molar-refractivity contribution in [1.82, 2.24) is 14.7 Å². The first-order chi connectivity index (χ1) is 14.0. The van der Waals surface area contributed by atoms with E-state index in [4.69, 9.17) is 0 Å². The minimum Gasteiger partial charge on any atom is -0.330 e. The highest BCUT2D eigenvalue weighted by molar-refractivity contribution is 6.05. The largest absolute Gasteiger partial charge is 0.330 e. The number of hydrogen-bond donors (Lipinski definition) is 0. The van der Waals surface area contributed by atoms with Crippen LogP contribution in [0.25, 0.3) is 10.8 Å². The molecule has 1 amide bonds. The van der Waals surface area contributed by atoms with Crippen LogP contribution in [0.5, 0.6) is 0 Å². The second kappa shape index (κ2) is 7.82. The second-order valence-corrected chi connectivity index (χ2v) is 8.08. The van der Waals surface area contributed by atoms with E-state index in [-0.39, 0.29) is 17.5 Å². The Hall–Kier alpha value is -2.95. The van der Waals surface area contributed by atoms with Gasteiger partial charge in [0, 0.05) is 24.5 Å². The molecule has 0 spiro atoms. The van der Waals surface area contributed by atoms with Gasteiger partial charge in [0.15, 0.2) is 5.69 Å². The smallest absolute Gasteiger partial charge is 0.275 e. The first kappa shape index (κ1) is 19.4. The van der Waals surface area contributed by atoms with Crippen LogP contribution in [-0.2, 0) is 13.1 Å². The van der Waals surface area contributed by atoms with Crippen molar-refractivity contribution >= 4 is 16.7 Å². The molecule has 150 valence electrons. The van der Waals surface area contributed by atoms with Gasteiger partial charge < -0.3 is 4.90 Å². The van der Waals surface area contributed by atoms with Crippen LogP contribution < -0.4 is 5.56 Å². The molecule has 1 aromatic heterocycles. The number of aromatic nitrogens is 2. The van der Waals surface area contributed by atoms with Crippen molar-refractivity contribution in [3.8, 4) is 0 Å². The van der Waals surface area contributed by atoms with Gasteiger partial charge in [-0.1, -0.05) is 56.3 Å². The van der Waals surface area contributed by atoms with Gasteiger partial charge in [-0.2, -0.15) is 5.10 Å². The van der Waals surface area contributed by atoms with Gasteiger partial charge in [-0.05, 0) is 42.9 Å². The Balaban J connectivity index is 1.71. The molecule has 29 heavy (non-hydrogen) atoms. The number of carbonyl (C=O) groups is 1. The van der Waals surface area contributed by atoms with E-state index in [1.165, 1.54) is 10.2 Å². The SMILES string of the molecule is CCn1nc(C(=O)N(Cc2ccc(C(C)C)cc2)C2CC2)c2ccccc2c1=O. The highest BCUT2D eigenvalue weighted by Crippen LogP contribution is 2.31. The lowest BCUT2D eigenvalue weighted by Gasteiger charge is -2.23. The molecule has 1 heterocycles. The number of rotatable bonds is 6. The standard InChI is InChI=1S/C24H27N3O2/c1-4-27-23(28)21-8-6-5-7-20(21)22(25-27)24(29)26(19-13-14-19)15-17-9-11-18(12-10-17)16(2)3/h5-12,16,19H,4,13-15H2,1-3H3. The second-order valence-electron chi connectivity index (χ2n) is 8.08. The molecule has 5 nitrogen and oxygen atoms in total. The van der Waals surface area contributed by atoms with E-state index in [2.05, 4.69) is 43.2 Å². The van der Waals surface area contributed by atoms with Gasteiger partial charge in [0.25, 0.3) is 11.5 Å². The van der Waals surface area contributed by atoms with Crippen molar-refractivity contribution < 1.29 is 4.79 Å². The van der Waals surface area contributed by atoms with Gasteiger partial charge in [-0.15, -0.1) is 0 Å². The van der Waals surface area contributed by atoms with Gasteiger partial charge in [-0.25, -0.2) is 4.68 Å². The first-order valence-corrected chi connectivity index (χ1v) is 10.4. The van der Waals surface area contributed by atoms with E-state index in [0.717, 1.165) is 18.4 Å². The maximum Gasteiger partial charge on any atom is 0.275 e. The average molecular weight is 389 g/mol. The number of benzene rings is 2. The van der Waals surface area contributed by atoms with Gasteiger partial charge in [-0.3, -0.25) is 9.59 Å². The van der Waals surface area contributed by atoms with Crippen LogP contribution in [0.3, 0.4) is 0 Å². The van der Waals surface area contributed by atoms with Crippen LogP contribution in [0, 0.1) is 0 Å². The number of carbonyl (C=O) groups excluding carboxylic acids is 1. The Morgan fingerprint density at radius 2 is 1.76 bits per heavy atom. The fourth-order valence-corrected chi connectivity index (χ4v) is 3.70. The molecule has 1 fully saturated rings. The minimum absolute atomic E-state index is 0.0983. The number of nitrogens with zero attached hydrogens (tertiary/aromatic N) is 3. The summed E-state index contributed by atoms with van der Waals surface area (Å²) in [7, 11) is 0. The highest BCUT2D eigenvalue weighted by atomic mass is 16.2. The molecule has 0 saturated heterocycles. The van der Waals surface area contributed by atoms with Crippen LogP contribution >= 0.6 is 0 Å². The lowest BCUT2D eigenvalue weighted by Crippen LogP contribution is -2.35. The molecule has 0 unspecified atom stereocenters. The topological polar surface area (TPSA) is 55.2 Å². The average Bonchev–Trinajstić information content (AvgIpc) is 3.57. The van der Waals surface area contributed by atoms with Gasteiger partial charge in [0.05, 0.1) is 5.39 Å². The number of amides is 1. The summed E-state index contributed by atoms with van der Waals surface area (Å²) in [6, 6.07) is 16.0. The molecular weight excluding hydrogens is 362 g/mol. The molecule has 0 bridgehead atoms. The van der Waals surface area contributed by atoms with Gasteiger partial charge >= 0.3 is 0 Å². The Labute approximate surface area is 171 Å². The molecule has 0 radical (unpaired) electrons. The molecule has 5 heteroatoms. The zero-order valence-electron chi connectivity index (χ0n) is 17.3. The molecule has 0 atom stereocenters. The summed E-state index contributed by atoms with van der Waals surface area (Å²) < 4.78 is 1.39. The van der Waals surface area contributed by atoms with Crippen LogP contribution in [-0.4, -0.2) is 26.6 Å². The predicted octanol–water partition coefficient (Wildman–Crippen LogP) is 4.34. The molecule has 1 aliphatic rings. The highest BCUT2D eigenvalue weighted by Gasteiger charge is 2.34. The summed E-state index contributed by atoms with van der Waals surface area (Å²) in [5, 5.41) is 5.62.